The van der Waals surface area contributed by atoms with Gasteiger partial charge >= 0.3 is 0 Å². The van der Waals surface area contributed by atoms with Crippen molar-refractivity contribution in [2.45, 2.75) is 32.2 Å². The number of benzene rings is 1. The number of sulfonamides is 1. The second-order valence-corrected chi connectivity index (χ2v) is 10.8. The number of anilines is 1. The zero-order valence-corrected chi connectivity index (χ0v) is 16.2. The molecule has 2 rings (SSSR count). The molecule has 1 fully saturated rings. The van der Waals surface area contributed by atoms with E-state index in [1.807, 2.05) is 26.0 Å². The summed E-state index contributed by atoms with van der Waals surface area (Å²) in [5.41, 5.74) is 1.58. The van der Waals surface area contributed by atoms with Gasteiger partial charge in [-0.05, 0) is 24.0 Å². The Bertz CT molecular complexity index is 847. The van der Waals surface area contributed by atoms with E-state index < -0.39 is 38.4 Å². The zero-order valence-electron chi connectivity index (χ0n) is 14.6. The number of para-hydroxylation sites is 1. The maximum absolute atomic E-state index is 12.4. The van der Waals surface area contributed by atoms with Gasteiger partial charge in [-0.3, -0.25) is 4.79 Å². The molecule has 140 valence electrons. The van der Waals surface area contributed by atoms with Gasteiger partial charge in [0.1, 0.15) is 0 Å². The first-order chi connectivity index (χ1) is 11.5. The Hall–Kier alpha value is -1.45. The number of nitrogens with one attached hydrogen (secondary N) is 1. The first-order valence-corrected chi connectivity index (χ1v) is 11.7. The Morgan fingerprint density at radius 2 is 1.96 bits per heavy atom. The van der Waals surface area contributed by atoms with E-state index in [0.29, 0.717) is 5.69 Å². The van der Waals surface area contributed by atoms with Crippen LogP contribution in [0.2, 0.25) is 0 Å². The van der Waals surface area contributed by atoms with Crippen LogP contribution < -0.4 is 5.32 Å². The highest BCUT2D eigenvalue weighted by Gasteiger charge is 2.37. The number of carbonyl (C=O) groups excluding carboxylic acids is 1. The van der Waals surface area contributed by atoms with E-state index in [1.54, 1.807) is 12.1 Å². The van der Waals surface area contributed by atoms with Crippen LogP contribution in [-0.4, -0.2) is 57.4 Å². The van der Waals surface area contributed by atoms with E-state index in [-0.39, 0.29) is 23.8 Å². The molecule has 9 heteroatoms. The fourth-order valence-corrected chi connectivity index (χ4v) is 5.86. The Kier molecular flexibility index (Phi) is 5.90. The minimum Gasteiger partial charge on any atom is -0.325 e. The predicted octanol–water partition coefficient (Wildman–Crippen LogP) is 1.20. The normalized spacial score (nSPS) is 20.1. The fraction of sp³-hybridized carbons (Fsp3) is 0.562. The maximum atomic E-state index is 12.4. The van der Waals surface area contributed by atoms with Crippen molar-refractivity contribution in [3.63, 3.8) is 0 Å². The third kappa shape index (κ3) is 5.26. The van der Waals surface area contributed by atoms with Crippen molar-refractivity contribution in [1.82, 2.24) is 4.31 Å². The summed E-state index contributed by atoms with van der Waals surface area (Å²) in [4.78, 5) is 12.4. The maximum Gasteiger partial charge on any atom is 0.239 e. The Labute approximate surface area is 149 Å². The average Bonchev–Trinajstić information content (AvgIpc) is 2.83. The summed E-state index contributed by atoms with van der Waals surface area (Å²) in [6.07, 6.45) is 1.21. The van der Waals surface area contributed by atoms with Gasteiger partial charge in [-0.1, -0.05) is 32.0 Å². The van der Waals surface area contributed by atoms with Crippen LogP contribution in [0.4, 0.5) is 5.69 Å². The summed E-state index contributed by atoms with van der Waals surface area (Å²) in [7, 11) is -6.96. The molecule has 1 heterocycles. The van der Waals surface area contributed by atoms with E-state index >= 15 is 0 Å². The van der Waals surface area contributed by atoms with Gasteiger partial charge < -0.3 is 5.32 Å². The molecule has 0 saturated carbocycles. The van der Waals surface area contributed by atoms with Crippen LogP contribution in [0.3, 0.4) is 0 Å². The van der Waals surface area contributed by atoms with E-state index in [1.165, 1.54) is 0 Å². The van der Waals surface area contributed by atoms with Crippen LogP contribution in [0.5, 0.6) is 0 Å². The number of hydrogen-bond donors (Lipinski definition) is 1. The lowest BCUT2D eigenvalue weighted by Crippen LogP contribution is -2.45. The van der Waals surface area contributed by atoms with Crippen LogP contribution in [0.25, 0.3) is 0 Å². The molecule has 25 heavy (non-hydrogen) atoms. The molecule has 1 amide bonds. The molecule has 0 aliphatic carbocycles. The molecule has 1 aliphatic heterocycles. The topological polar surface area (TPSA) is 101 Å². The lowest BCUT2D eigenvalue weighted by atomic mass is 10.0. The molecule has 1 aromatic carbocycles. The highest BCUT2D eigenvalue weighted by Crippen LogP contribution is 2.24. The summed E-state index contributed by atoms with van der Waals surface area (Å²) < 4.78 is 48.4. The molecule has 0 aromatic heterocycles. The molecule has 1 atom stereocenters. The van der Waals surface area contributed by atoms with Gasteiger partial charge in [0, 0.05) is 11.7 Å². The Balaban J connectivity index is 2.16. The molecule has 0 radical (unpaired) electrons. The van der Waals surface area contributed by atoms with Gasteiger partial charge in [0.15, 0.2) is 9.84 Å². The number of amides is 1. The monoisotopic (exact) mass is 388 g/mol. The summed E-state index contributed by atoms with van der Waals surface area (Å²) in [5.74, 6) is -0.581. The third-order valence-corrected chi connectivity index (χ3v) is 7.23. The van der Waals surface area contributed by atoms with E-state index in [0.717, 1.165) is 16.1 Å². The summed E-state index contributed by atoms with van der Waals surface area (Å²) in [6.45, 7) is 3.60. The number of carbonyl (C=O) groups is 1. The van der Waals surface area contributed by atoms with Gasteiger partial charge in [0.25, 0.3) is 0 Å². The van der Waals surface area contributed by atoms with Crippen molar-refractivity contribution in [1.29, 1.82) is 0 Å². The van der Waals surface area contributed by atoms with Crippen molar-refractivity contribution in [3.8, 4) is 0 Å². The lowest BCUT2D eigenvalue weighted by Gasteiger charge is -2.25. The van der Waals surface area contributed by atoms with E-state index in [9.17, 15) is 21.6 Å². The minimum absolute atomic E-state index is 0.0541. The van der Waals surface area contributed by atoms with E-state index in [4.69, 9.17) is 0 Å². The SMILES string of the molecule is CC(C)c1ccccc1NC(=O)CN(C1CCS(=O)(=O)C1)S(C)(=O)=O. The lowest BCUT2D eigenvalue weighted by molar-refractivity contribution is -0.116. The highest BCUT2D eigenvalue weighted by atomic mass is 32.2. The largest absolute Gasteiger partial charge is 0.325 e. The molecule has 1 aromatic rings. The van der Waals surface area contributed by atoms with Gasteiger partial charge in [-0.25, -0.2) is 16.8 Å². The predicted molar refractivity (Wildman–Crippen MR) is 97.8 cm³/mol. The first kappa shape index (κ1) is 19.9. The number of rotatable bonds is 6. The fourth-order valence-electron chi connectivity index (χ4n) is 2.97. The van der Waals surface area contributed by atoms with Gasteiger partial charge in [0.05, 0.1) is 24.3 Å². The molecule has 1 aliphatic rings. The van der Waals surface area contributed by atoms with Crippen molar-refractivity contribution < 1.29 is 21.6 Å². The summed E-state index contributed by atoms with van der Waals surface area (Å²) >= 11 is 0. The molecule has 0 spiro atoms. The molecule has 1 saturated heterocycles. The standard InChI is InChI=1S/C16H24N2O5S2/c1-12(2)14-6-4-5-7-15(14)17-16(19)10-18(24(3,20)21)13-8-9-25(22,23)11-13/h4-7,12-13H,8-11H2,1-3H3,(H,17,19). The van der Waals surface area contributed by atoms with Crippen LogP contribution in [0, 0.1) is 0 Å². The van der Waals surface area contributed by atoms with Crippen molar-refractivity contribution in [2.75, 3.05) is 29.6 Å². The van der Waals surface area contributed by atoms with Crippen molar-refractivity contribution >= 4 is 31.5 Å². The minimum atomic E-state index is -3.70. The summed E-state index contributed by atoms with van der Waals surface area (Å²) in [6, 6.07) is 6.64. The molecule has 1 N–H and O–H groups in total. The first-order valence-electron chi connectivity index (χ1n) is 8.05. The van der Waals surface area contributed by atoms with Gasteiger partial charge in [-0.2, -0.15) is 4.31 Å². The molecule has 7 nitrogen and oxygen atoms in total. The second kappa shape index (κ2) is 7.43. The van der Waals surface area contributed by atoms with Crippen molar-refractivity contribution in [3.05, 3.63) is 29.8 Å². The van der Waals surface area contributed by atoms with Crippen LogP contribution >= 0.6 is 0 Å². The van der Waals surface area contributed by atoms with Crippen LogP contribution in [0.15, 0.2) is 24.3 Å². The zero-order chi connectivity index (χ0) is 18.8. The van der Waals surface area contributed by atoms with Crippen molar-refractivity contribution in [2.24, 2.45) is 0 Å². The van der Waals surface area contributed by atoms with Crippen LogP contribution in [-0.2, 0) is 24.7 Å². The quantitative estimate of drug-likeness (QED) is 0.789. The third-order valence-electron chi connectivity index (χ3n) is 4.20. The highest BCUT2D eigenvalue weighted by molar-refractivity contribution is 7.92. The molecular formula is C16H24N2O5S2. The smallest absolute Gasteiger partial charge is 0.239 e. The molecule has 1 unspecified atom stereocenters. The summed E-state index contributed by atoms with van der Waals surface area (Å²) in [5, 5.41) is 2.74. The Morgan fingerprint density at radius 3 is 2.48 bits per heavy atom. The van der Waals surface area contributed by atoms with Gasteiger partial charge in [-0.15, -0.1) is 0 Å². The molecule has 0 bridgehead atoms. The average molecular weight is 389 g/mol. The van der Waals surface area contributed by atoms with Crippen LogP contribution in [0.1, 0.15) is 31.7 Å². The molecular weight excluding hydrogens is 364 g/mol. The second-order valence-electron chi connectivity index (χ2n) is 6.66. The number of hydrogen-bond acceptors (Lipinski definition) is 5. The number of nitrogens with zero attached hydrogens (tertiary/aromatic N) is 1. The van der Waals surface area contributed by atoms with E-state index in [2.05, 4.69) is 5.32 Å². The number of sulfone groups is 1. The van der Waals surface area contributed by atoms with Gasteiger partial charge in [0.2, 0.25) is 15.9 Å². The Morgan fingerprint density at radius 1 is 1.32 bits per heavy atom.